The van der Waals surface area contributed by atoms with Gasteiger partial charge in [-0.1, -0.05) is 0 Å². The van der Waals surface area contributed by atoms with Crippen LogP contribution in [0.1, 0.15) is 13.3 Å². The summed E-state index contributed by atoms with van der Waals surface area (Å²) in [5, 5.41) is 0. The van der Waals surface area contributed by atoms with Gasteiger partial charge in [0, 0.05) is 6.42 Å². The molecule has 0 saturated carbocycles. The fourth-order valence-electron chi connectivity index (χ4n) is 2.62. The highest BCUT2D eigenvalue weighted by molar-refractivity contribution is 6.72. The zero-order chi connectivity index (χ0) is 21.8. The minimum absolute atomic E-state index is 0.0872. The zero-order valence-electron chi connectivity index (χ0n) is 20.0. The van der Waals surface area contributed by atoms with Crippen molar-refractivity contribution in [2.75, 3.05) is 0 Å². The van der Waals surface area contributed by atoms with Gasteiger partial charge in [0.25, 0.3) is 0 Å². The van der Waals surface area contributed by atoms with E-state index in [0.717, 1.165) is 0 Å². The highest BCUT2D eigenvalue weighted by atomic mass is 28.4. The molecule has 0 rings (SSSR count). The Balaban J connectivity index is 5.57. The lowest BCUT2D eigenvalue weighted by Gasteiger charge is -2.37. The summed E-state index contributed by atoms with van der Waals surface area (Å²) in [7, 11) is -7.47. The van der Waals surface area contributed by atoms with Crippen molar-refractivity contribution in [2.45, 2.75) is 110 Å². The maximum absolute atomic E-state index is 12.9. The first-order valence-corrected chi connectivity index (χ1v) is 23.6. The quantitative estimate of drug-likeness (QED) is 0.391. The minimum Gasteiger partial charge on any atom is -0.518 e. The van der Waals surface area contributed by atoms with Crippen LogP contribution in [0.25, 0.3) is 0 Å². The lowest BCUT2D eigenvalue weighted by molar-refractivity contribution is -0.145. The molecule has 0 aliphatic carbocycles. The van der Waals surface area contributed by atoms with Crippen LogP contribution in [0.15, 0.2) is 0 Å². The molecule has 0 aliphatic heterocycles. The molecule has 0 aromatic heterocycles. The molecule has 9 heteroatoms. The van der Waals surface area contributed by atoms with Crippen molar-refractivity contribution in [1.82, 2.24) is 0 Å². The van der Waals surface area contributed by atoms with Gasteiger partial charge in [-0.3, -0.25) is 4.79 Å². The molecule has 0 aromatic carbocycles. The largest absolute Gasteiger partial charge is 0.518 e. The summed E-state index contributed by atoms with van der Waals surface area (Å²) in [6.07, 6.45) is -0.393. The number of carbonyl (C=O) groups excluding carboxylic acids is 1. The number of carbonyl (C=O) groups is 1. The van der Waals surface area contributed by atoms with Gasteiger partial charge in [-0.25, -0.2) is 0 Å². The maximum Gasteiger partial charge on any atom is 0.320 e. The molecular formula is C18H44O5Si4. The van der Waals surface area contributed by atoms with E-state index in [2.05, 4.69) is 65.8 Å². The van der Waals surface area contributed by atoms with Crippen molar-refractivity contribution in [3.63, 3.8) is 0 Å². The highest BCUT2D eigenvalue weighted by Gasteiger charge is 2.37. The molecule has 0 spiro atoms. The Morgan fingerprint density at radius 1 is 0.667 bits per heavy atom. The molecule has 0 aromatic rings. The SMILES string of the molecule is CC(O[Si](C)(C)C)[C@@H](C[C@H](O[Si](C)(C)C)C(=O)O[Si](C)(C)C)O[Si](C)(C)C. The van der Waals surface area contributed by atoms with E-state index in [1.807, 2.05) is 19.6 Å². The molecule has 3 atom stereocenters. The standard InChI is InChI=1S/C18H44O5Si4/c1-15(20-24(2,3)4)16(21-25(5,6)7)14-17(22-26(8,9)10)18(19)23-27(11,12)13/h15-17H,14H2,1-13H3/t15?,16-,17+/m1/s1. The molecule has 0 fully saturated rings. The first kappa shape index (κ1) is 27.2. The maximum atomic E-state index is 12.9. The summed E-state index contributed by atoms with van der Waals surface area (Å²) in [5.74, 6) is -0.249. The molecule has 0 saturated heterocycles. The predicted octanol–water partition coefficient (Wildman–Crippen LogP) is 5.43. The average molecular weight is 453 g/mol. The second-order valence-corrected chi connectivity index (χ2v) is 29.0. The average Bonchev–Trinajstić information content (AvgIpc) is 2.29. The van der Waals surface area contributed by atoms with E-state index in [0.29, 0.717) is 6.42 Å². The number of rotatable bonds is 11. The molecule has 0 heterocycles. The summed E-state index contributed by atoms with van der Waals surface area (Å²) in [6.45, 7) is 27.4. The van der Waals surface area contributed by atoms with E-state index in [1.165, 1.54) is 0 Å². The number of hydrogen-bond acceptors (Lipinski definition) is 5. The van der Waals surface area contributed by atoms with Gasteiger partial charge < -0.3 is 17.7 Å². The van der Waals surface area contributed by atoms with E-state index in [9.17, 15) is 4.79 Å². The molecule has 162 valence electrons. The molecule has 0 amide bonds. The Kier molecular flexibility index (Phi) is 9.89. The van der Waals surface area contributed by atoms with Crippen LogP contribution in [0.5, 0.6) is 0 Å². The van der Waals surface area contributed by atoms with E-state index in [4.69, 9.17) is 17.7 Å². The van der Waals surface area contributed by atoms with E-state index in [1.54, 1.807) is 0 Å². The first-order chi connectivity index (χ1) is 11.7. The molecule has 5 nitrogen and oxygen atoms in total. The van der Waals surface area contributed by atoms with Crippen molar-refractivity contribution in [3.8, 4) is 0 Å². The van der Waals surface area contributed by atoms with Crippen LogP contribution in [-0.2, 0) is 22.5 Å². The van der Waals surface area contributed by atoms with Gasteiger partial charge in [-0.15, -0.1) is 0 Å². The van der Waals surface area contributed by atoms with E-state index in [-0.39, 0.29) is 18.2 Å². The smallest absolute Gasteiger partial charge is 0.320 e. The Morgan fingerprint density at radius 3 is 1.41 bits per heavy atom. The van der Waals surface area contributed by atoms with Crippen LogP contribution in [-0.4, -0.2) is 57.6 Å². The highest BCUT2D eigenvalue weighted by Crippen LogP contribution is 2.24. The normalized spacial score (nSPS) is 17.4. The predicted molar refractivity (Wildman–Crippen MR) is 124 cm³/mol. The molecule has 0 N–H and O–H groups in total. The third-order valence-corrected chi connectivity index (χ3v) is 7.07. The van der Waals surface area contributed by atoms with Crippen LogP contribution >= 0.6 is 0 Å². The van der Waals surface area contributed by atoms with Crippen LogP contribution < -0.4 is 0 Å². The van der Waals surface area contributed by atoms with Gasteiger partial charge in [0.2, 0.25) is 8.32 Å². The Hall–Kier alpha value is 0.218. The van der Waals surface area contributed by atoms with E-state index >= 15 is 0 Å². The summed E-state index contributed by atoms with van der Waals surface area (Å²) >= 11 is 0. The second-order valence-electron chi connectivity index (χ2n) is 11.2. The molecule has 27 heavy (non-hydrogen) atoms. The summed E-state index contributed by atoms with van der Waals surface area (Å²) in [5.41, 5.74) is 0. The van der Waals surface area contributed by atoms with Gasteiger partial charge in [0.15, 0.2) is 25.0 Å². The van der Waals surface area contributed by atoms with Crippen LogP contribution in [0, 0.1) is 0 Å². The van der Waals surface area contributed by atoms with Crippen LogP contribution in [0.3, 0.4) is 0 Å². The van der Waals surface area contributed by atoms with Gasteiger partial charge in [0.05, 0.1) is 12.2 Å². The summed E-state index contributed by atoms with van der Waals surface area (Å²) < 4.78 is 24.8. The van der Waals surface area contributed by atoms with Crippen molar-refractivity contribution >= 4 is 39.2 Å². The monoisotopic (exact) mass is 452 g/mol. The molecule has 0 radical (unpaired) electrons. The Bertz CT molecular complexity index is 472. The third-order valence-electron chi connectivity index (χ3n) is 3.18. The number of hydrogen-bond donors (Lipinski definition) is 0. The lowest BCUT2D eigenvalue weighted by Crippen LogP contribution is -2.48. The van der Waals surface area contributed by atoms with Crippen molar-refractivity contribution < 1.29 is 22.5 Å². The Morgan fingerprint density at radius 2 is 1.07 bits per heavy atom. The summed E-state index contributed by atoms with van der Waals surface area (Å²) in [6, 6.07) is 0. The van der Waals surface area contributed by atoms with Crippen LogP contribution in [0.4, 0.5) is 0 Å². The van der Waals surface area contributed by atoms with Crippen molar-refractivity contribution in [2.24, 2.45) is 0 Å². The first-order valence-electron chi connectivity index (χ1n) is 9.95. The topological polar surface area (TPSA) is 54.0 Å². The van der Waals surface area contributed by atoms with E-state index < -0.39 is 39.4 Å². The lowest BCUT2D eigenvalue weighted by atomic mass is 10.1. The summed E-state index contributed by atoms with van der Waals surface area (Å²) in [4.78, 5) is 12.9. The molecule has 1 unspecified atom stereocenters. The Labute approximate surface area is 172 Å². The minimum atomic E-state index is -1.99. The fourth-order valence-corrected chi connectivity index (χ4v) is 6.87. The fraction of sp³-hybridized carbons (Fsp3) is 0.944. The van der Waals surface area contributed by atoms with Gasteiger partial charge in [-0.05, 0) is 85.5 Å². The van der Waals surface area contributed by atoms with Crippen molar-refractivity contribution in [3.05, 3.63) is 0 Å². The molecule has 0 aliphatic rings. The molecule has 0 bridgehead atoms. The second kappa shape index (κ2) is 9.81. The van der Waals surface area contributed by atoms with Gasteiger partial charge >= 0.3 is 5.97 Å². The third kappa shape index (κ3) is 14.8. The zero-order valence-corrected chi connectivity index (χ0v) is 24.0. The molecular weight excluding hydrogens is 409 g/mol. The van der Waals surface area contributed by atoms with Gasteiger partial charge in [-0.2, -0.15) is 0 Å². The van der Waals surface area contributed by atoms with Crippen molar-refractivity contribution in [1.29, 1.82) is 0 Å². The van der Waals surface area contributed by atoms with Crippen LogP contribution in [0.2, 0.25) is 78.6 Å². The van der Waals surface area contributed by atoms with Gasteiger partial charge in [0.1, 0.15) is 6.10 Å².